The molecule has 0 bridgehead atoms. The topological polar surface area (TPSA) is 52.8 Å². The molecule has 0 aliphatic rings. The van der Waals surface area contributed by atoms with E-state index in [9.17, 15) is 4.79 Å². The Balaban J connectivity index is 2.58. The Hall–Kier alpha value is -1.63. The van der Waals surface area contributed by atoms with E-state index in [1.54, 1.807) is 25.3 Å². The van der Waals surface area contributed by atoms with E-state index in [1.165, 1.54) is 18.6 Å². The summed E-state index contributed by atoms with van der Waals surface area (Å²) in [6, 6.07) is 4.90. The van der Waals surface area contributed by atoms with Crippen molar-refractivity contribution in [3.63, 3.8) is 0 Å². The van der Waals surface area contributed by atoms with Crippen LogP contribution in [-0.4, -0.2) is 24.1 Å². The quantitative estimate of drug-likeness (QED) is 0.786. The number of aromatic nitrogens is 1. The molecule has 1 unspecified atom stereocenters. The van der Waals surface area contributed by atoms with Gasteiger partial charge in [-0.1, -0.05) is 11.6 Å². The van der Waals surface area contributed by atoms with Crippen molar-refractivity contribution in [3.05, 3.63) is 45.2 Å². The highest BCUT2D eigenvalue weighted by Crippen LogP contribution is 2.24. The van der Waals surface area contributed by atoms with Gasteiger partial charge in [0.05, 0.1) is 18.8 Å². The number of hydrogen-bond acceptors (Lipinski definition) is 4. The number of hydrogen-bond donors (Lipinski definition) is 0. The van der Waals surface area contributed by atoms with Crippen LogP contribution in [-0.2, 0) is 10.3 Å². The van der Waals surface area contributed by atoms with Crippen LogP contribution < -0.4 is 9.41 Å². The van der Waals surface area contributed by atoms with Crippen molar-refractivity contribution in [2.24, 2.45) is 4.99 Å². The number of carbonyl (C=O) groups is 1. The van der Waals surface area contributed by atoms with Crippen LogP contribution in [0.15, 0.2) is 29.4 Å². The zero-order chi connectivity index (χ0) is 18.8. The van der Waals surface area contributed by atoms with Crippen molar-refractivity contribution in [2.45, 2.75) is 39.3 Å². The van der Waals surface area contributed by atoms with Crippen molar-refractivity contribution in [1.29, 1.82) is 0 Å². The van der Waals surface area contributed by atoms with Gasteiger partial charge >= 0.3 is 0 Å². The van der Waals surface area contributed by atoms with Crippen LogP contribution >= 0.6 is 23.1 Å². The zero-order valence-electron chi connectivity index (χ0n) is 15.3. The number of methoxy groups -OCH3 is 2. The Kier molecular flexibility index (Phi) is 6.08. The molecule has 0 aliphatic carbocycles. The predicted octanol–water partition coefficient (Wildman–Crippen LogP) is 4.42. The van der Waals surface area contributed by atoms with Crippen molar-refractivity contribution in [3.8, 4) is 5.75 Å². The molecule has 0 fully saturated rings. The molecule has 1 amide bonds. The largest absolute Gasteiger partial charge is 0.496 e. The molecule has 0 N–H and O–H groups in total. The van der Waals surface area contributed by atoms with E-state index in [-0.39, 0.29) is 11.6 Å². The summed E-state index contributed by atoms with van der Waals surface area (Å²) in [5.74, 6) is 0.0477. The third-order valence-corrected chi connectivity index (χ3v) is 5.32. The molecule has 2 aromatic rings. The molecular formula is C18H23ClN2O3S. The molecule has 1 atom stereocenters. The maximum Gasteiger partial charge on any atom is 0.282 e. The fourth-order valence-corrected chi connectivity index (χ4v) is 3.42. The molecule has 1 aromatic heterocycles. The lowest BCUT2D eigenvalue weighted by molar-refractivity contribution is 0.0993. The molecule has 2 rings (SSSR count). The first-order valence-electron chi connectivity index (χ1n) is 7.86. The van der Waals surface area contributed by atoms with Crippen LogP contribution in [0.3, 0.4) is 0 Å². The van der Waals surface area contributed by atoms with Crippen molar-refractivity contribution in [1.82, 2.24) is 3.96 Å². The molecule has 5 nitrogen and oxygen atoms in total. The number of amides is 1. The third kappa shape index (κ3) is 4.51. The standard InChI is InChI=1S/C18H23ClN2O3S/c1-11(23-5)14-10-21(18(2,3)4)25-17(14)20-16(22)13-9-12(19)7-8-15(13)24-6/h7-11H,1-6H3. The molecule has 0 saturated heterocycles. The van der Waals surface area contributed by atoms with Crippen LogP contribution in [0.25, 0.3) is 0 Å². The smallest absolute Gasteiger partial charge is 0.282 e. The predicted molar refractivity (Wildman–Crippen MR) is 101 cm³/mol. The molecule has 7 heteroatoms. The van der Waals surface area contributed by atoms with E-state index in [0.717, 1.165) is 5.56 Å². The highest BCUT2D eigenvalue weighted by molar-refractivity contribution is 7.04. The Labute approximate surface area is 157 Å². The van der Waals surface area contributed by atoms with Gasteiger partial charge in [-0.25, -0.2) is 0 Å². The maximum atomic E-state index is 12.7. The summed E-state index contributed by atoms with van der Waals surface area (Å²) < 4.78 is 13.4. The number of benzene rings is 1. The molecule has 136 valence electrons. The second-order valence-corrected chi connectivity index (χ2v) is 8.02. The van der Waals surface area contributed by atoms with Gasteiger partial charge in [0.15, 0.2) is 0 Å². The summed E-state index contributed by atoms with van der Waals surface area (Å²) in [6.45, 7) is 8.21. The van der Waals surface area contributed by atoms with E-state index in [1.807, 2.05) is 13.1 Å². The first-order valence-corrected chi connectivity index (χ1v) is 9.01. The van der Waals surface area contributed by atoms with E-state index >= 15 is 0 Å². The average molecular weight is 383 g/mol. The lowest BCUT2D eigenvalue weighted by atomic mass is 10.1. The van der Waals surface area contributed by atoms with E-state index in [0.29, 0.717) is 21.0 Å². The summed E-state index contributed by atoms with van der Waals surface area (Å²) >= 11 is 7.44. The summed E-state index contributed by atoms with van der Waals surface area (Å²) in [5, 5.41) is 0.459. The lowest BCUT2D eigenvalue weighted by Gasteiger charge is -2.19. The van der Waals surface area contributed by atoms with Gasteiger partial charge in [0.1, 0.15) is 10.4 Å². The Morgan fingerprint density at radius 1 is 1.32 bits per heavy atom. The molecule has 0 saturated carbocycles. The SMILES string of the molecule is COc1ccc(Cl)cc1C(=O)N=c1sn(C(C)(C)C)cc1C(C)OC. The molecule has 1 aromatic carbocycles. The van der Waals surface area contributed by atoms with Gasteiger partial charge in [-0.2, -0.15) is 4.99 Å². The minimum Gasteiger partial charge on any atom is -0.496 e. The molecule has 0 aliphatic heterocycles. The minimum absolute atomic E-state index is 0.114. The van der Waals surface area contributed by atoms with E-state index < -0.39 is 5.91 Å². The van der Waals surface area contributed by atoms with Crippen LogP contribution in [0, 0.1) is 0 Å². The Morgan fingerprint density at radius 3 is 2.56 bits per heavy atom. The molecule has 0 radical (unpaired) electrons. The Morgan fingerprint density at radius 2 is 2.00 bits per heavy atom. The van der Waals surface area contributed by atoms with Crippen LogP contribution in [0.5, 0.6) is 5.75 Å². The summed E-state index contributed by atoms with van der Waals surface area (Å²) in [7, 11) is 3.15. The third-order valence-electron chi connectivity index (χ3n) is 3.74. The first kappa shape index (κ1) is 19.7. The van der Waals surface area contributed by atoms with E-state index in [2.05, 4.69) is 29.7 Å². The second kappa shape index (κ2) is 7.72. The fourth-order valence-electron chi connectivity index (χ4n) is 2.17. The van der Waals surface area contributed by atoms with Gasteiger partial charge in [0.2, 0.25) is 0 Å². The van der Waals surface area contributed by atoms with Gasteiger partial charge in [-0.3, -0.25) is 8.75 Å². The van der Waals surface area contributed by atoms with E-state index in [4.69, 9.17) is 21.1 Å². The monoisotopic (exact) mass is 382 g/mol. The van der Waals surface area contributed by atoms with Crippen LogP contribution in [0.4, 0.5) is 0 Å². The summed E-state index contributed by atoms with van der Waals surface area (Å²) in [6.07, 6.45) is 1.81. The maximum absolute atomic E-state index is 12.7. The number of halogens is 1. The van der Waals surface area contributed by atoms with Gasteiger partial charge in [0, 0.05) is 29.4 Å². The number of nitrogens with zero attached hydrogens (tertiary/aromatic N) is 2. The van der Waals surface area contributed by atoms with Gasteiger partial charge < -0.3 is 9.47 Å². The normalized spacial score (nSPS) is 13.8. The number of ether oxygens (including phenoxy) is 2. The lowest BCUT2D eigenvalue weighted by Crippen LogP contribution is -2.18. The van der Waals surface area contributed by atoms with Gasteiger partial charge in [0.25, 0.3) is 5.91 Å². The molecular weight excluding hydrogens is 360 g/mol. The second-order valence-electron chi connectivity index (χ2n) is 6.62. The average Bonchev–Trinajstić information content (AvgIpc) is 2.98. The summed E-state index contributed by atoms with van der Waals surface area (Å²) in [5.41, 5.74) is 1.09. The Bertz CT molecular complexity index is 834. The number of rotatable bonds is 4. The van der Waals surface area contributed by atoms with Crippen LogP contribution in [0.2, 0.25) is 5.02 Å². The molecule has 0 spiro atoms. The molecule has 1 heterocycles. The van der Waals surface area contributed by atoms with Gasteiger partial charge in [-0.15, -0.1) is 0 Å². The number of carbonyl (C=O) groups excluding carboxylic acids is 1. The van der Waals surface area contributed by atoms with Gasteiger partial charge in [-0.05, 0) is 57.4 Å². The minimum atomic E-state index is -0.396. The van der Waals surface area contributed by atoms with Crippen molar-refractivity contribution < 1.29 is 14.3 Å². The zero-order valence-corrected chi connectivity index (χ0v) is 16.9. The molecule has 25 heavy (non-hydrogen) atoms. The van der Waals surface area contributed by atoms with Crippen LogP contribution in [0.1, 0.15) is 49.7 Å². The van der Waals surface area contributed by atoms with Crippen molar-refractivity contribution in [2.75, 3.05) is 14.2 Å². The summed E-state index contributed by atoms with van der Waals surface area (Å²) in [4.78, 5) is 17.0. The first-order chi connectivity index (χ1) is 11.7. The van der Waals surface area contributed by atoms with Crippen molar-refractivity contribution >= 4 is 29.0 Å². The highest BCUT2D eigenvalue weighted by atomic mass is 35.5. The fraction of sp³-hybridized carbons (Fsp3) is 0.444. The highest BCUT2D eigenvalue weighted by Gasteiger charge is 2.20.